The molecule has 0 atom stereocenters. The van der Waals surface area contributed by atoms with Crippen LogP contribution in [0.1, 0.15) is 12.8 Å². The smallest absolute Gasteiger partial charge is 0.269 e. The number of nitro groups is 1. The molecule has 0 bridgehead atoms. The van der Waals surface area contributed by atoms with Gasteiger partial charge in [0.1, 0.15) is 5.70 Å². The molecule has 0 spiro atoms. The second kappa shape index (κ2) is 2.51. The average Bonchev–Trinajstić information content (AvgIpc) is 1.88. The normalized spacial score (nSPS) is 17.6. The maximum atomic E-state index is 10.2. The fourth-order valence-electron chi connectivity index (χ4n) is 0.868. The summed E-state index contributed by atoms with van der Waals surface area (Å²) < 4.78 is 0. The Morgan fingerprint density at radius 3 is 2.80 bits per heavy atom. The maximum absolute atomic E-state index is 10.2. The molecule has 4 heteroatoms. The largest absolute Gasteiger partial charge is 0.393 e. The molecule has 54 valence electrons. The molecule has 0 aromatic carbocycles. The summed E-state index contributed by atoms with van der Waals surface area (Å²) in [7, 11) is 0. The van der Waals surface area contributed by atoms with Gasteiger partial charge in [0.05, 0.1) is 4.92 Å². The van der Waals surface area contributed by atoms with E-state index in [-0.39, 0.29) is 11.4 Å². The predicted octanol–water partition coefficient (Wildman–Crippen LogP) is 0.783. The first-order valence-corrected chi connectivity index (χ1v) is 3.01. The van der Waals surface area contributed by atoms with Crippen LogP contribution in [0.4, 0.5) is 0 Å². The van der Waals surface area contributed by atoms with Crippen molar-refractivity contribution in [3.63, 3.8) is 0 Å². The van der Waals surface area contributed by atoms with Gasteiger partial charge in [0, 0.05) is 6.42 Å². The van der Waals surface area contributed by atoms with Gasteiger partial charge in [0.15, 0.2) is 0 Å². The van der Waals surface area contributed by atoms with E-state index in [4.69, 9.17) is 5.73 Å². The maximum Gasteiger partial charge on any atom is 0.269 e. The van der Waals surface area contributed by atoms with E-state index in [9.17, 15) is 10.1 Å². The van der Waals surface area contributed by atoms with Crippen molar-refractivity contribution in [1.82, 2.24) is 0 Å². The summed E-state index contributed by atoms with van der Waals surface area (Å²) in [5.74, 6) is 0. The zero-order valence-electron chi connectivity index (χ0n) is 5.41. The molecular weight excluding hydrogens is 132 g/mol. The molecule has 0 saturated carbocycles. The third kappa shape index (κ3) is 1.15. The van der Waals surface area contributed by atoms with Gasteiger partial charge in [-0.15, -0.1) is 0 Å². The quantitative estimate of drug-likeness (QED) is 0.432. The third-order valence-corrected chi connectivity index (χ3v) is 1.40. The number of hydrogen-bond acceptors (Lipinski definition) is 3. The Hall–Kier alpha value is -1.32. The summed E-state index contributed by atoms with van der Waals surface area (Å²) in [6, 6.07) is 0. The Labute approximate surface area is 58.2 Å². The standard InChI is InChI=1S/C6H8N2O2/c7-5-3-1-2-4-6(5)8(9)10/h1,3H,2,4,7H2. The molecule has 1 rings (SSSR count). The fraction of sp³-hybridized carbons (Fsp3) is 0.333. The summed E-state index contributed by atoms with van der Waals surface area (Å²) >= 11 is 0. The molecule has 0 aromatic heterocycles. The van der Waals surface area contributed by atoms with Crippen LogP contribution in [0, 0.1) is 10.1 Å². The first kappa shape index (κ1) is 6.80. The SMILES string of the molecule is NC1=C([N+](=O)[O-])CCC=C1. The molecule has 1 aliphatic carbocycles. The van der Waals surface area contributed by atoms with E-state index < -0.39 is 4.92 Å². The van der Waals surface area contributed by atoms with Gasteiger partial charge in [-0.3, -0.25) is 10.1 Å². The predicted molar refractivity (Wildman–Crippen MR) is 36.6 cm³/mol. The van der Waals surface area contributed by atoms with E-state index >= 15 is 0 Å². The highest BCUT2D eigenvalue weighted by Gasteiger charge is 2.15. The monoisotopic (exact) mass is 140 g/mol. The number of hydrogen-bond donors (Lipinski definition) is 1. The molecule has 0 fully saturated rings. The van der Waals surface area contributed by atoms with Gasteiger partial charge in [0.25, 0.3) is 5.70 Å². The van der Waals surface area contributed by atoms with E-state index in [2.05, 4.69) is 0 Å². The highest BCUT2D eigenvalue weighted by molar-refractivity contribution is 5.22. The summed E-state index contributed by atoms with van der Waals surface area (Å²) in [6.07, 6.45) is 4.59. The van der Waals surface area contributed by atoms with Gasteiger partial charge < -0.3 is 5.73 Å². The van der Waals surface area contributed by atoms with Crippen LogP contribution in [0.15, 0.2) is 23.5 Å². The van der Waals surface area contributed by atoms with Crippen molar-refractivity contribution < 1.29 is 4.92 Å². The van der Waals surface area contributed by atoms with E-state index in [0.29, 0.717) is 6.42 Å². The minimum atomic E-state index is -0.418. The van der Waals surface area contributed by atoms with Crippen LogP contribution in [0.5, 0.6) is 0 Å². The van der Waals surface area contributed by atoms with Crippen molar-refractivity contribution in [3.8, 4) is 0 Å². The molecule has 0 heterocycles. The van der Waals surface area contributed by atoms with Gasteiger partial charge in [-0.25, -0.2) is 0 Å². The second-order valence-electron chi connectivity index (χ2n) is 2.10. The van der Waals surface area contributed by atoms with E-state index in [1.54, 1.807) is 6.08 Å². The minimum absolute atomic E-state index is 0.141. The van der Waals surface area contributed by atoms with E-state index in [1.165, 1.54) is 0 Å². The van der Waals surface area contributed by atoms with Gasteiger partial charge in [-0.1, -0.05) is 6.08 Å². The molecule has 10 heavy (non-hydrogen) atoms. The van der Waals surface area contributed by atoms with Crippen molar-refractivity contribution >= 4 is 0 Å². The third-order valence-electron chi connectivity index (χ3n) is 1.40. The van der Waals surface area contributed by atoms with Crippen molar-refractivity contribution in [2.24, 2.45) is 5.73 Å². The van der Waals surface area contributed by atoms with E-state index in [1.807, 2.05) is 6.08 Å². The highest BCUT2D eigenvalue weighted by Crippen LogP contribution is 2.14. The Morgan fingerprint density at radius 2 is 2.40 bits per heavy atom. The molecule has 4 nitrogen and oxygen atoms in total. The molecule has 0 radical (unpaired) electrons. The Bertz CT molecular complexity index is 218. The zero-order valence-corrected chi connectivity index (χ0v) is 5.41. The van der Waals surface area contributed by atoms with Crippen LogP contribution in [0.2, 0.25) is 0 Å². The van der Waals surface area contributed by atoms with Gasteiger partial charge in [-0.05, 0) is 12.5 Å². The average molecular weight is 140 g/mol. The van der Waals surface area contributed by atoms with Gasteiger partial charge in [-0.2, -0.15) is 0 Å². The lowest BCUT2D eigenvalue weighted by atomic mass is 10.1. The van der Waals surface area contributed by atoms with Crippen molar-refractivity contribution in [2.45, 2.75) is 12.8 Å². The van der Waals surface area contributed by atoms with Gasteiger partial charge in [0.2, 0.25) is 0 Å². The van der Waals surface area contributed by atoms with Crippen molar-refractivity contribution in [2.75, 3.05) is 0 Å². The Balaban J connectivity index is 2.89. The number of rotatable bonds is 1. The number of allylic oxidation sites excluding steroid dienone is 3. The number of nitrogens with two attached hydrogens (primary N) is 1. The summed E-state index contributed by atoms with van der Waals surface area (Å²) in [4.78, 5) is 9.78. The van der Waals surface area contributed by atoms with Crippen LogP contribution >= 0.6 is 0 Å². The summed E-state index contributed by atoms with van der Waals surface area (Å²) in [5.41, 5.74) is 5.76. The fourth-order valence-corrected chi connectivity index (χ4v) is 0.868. The molecule has 1 aliphatic rings. The van der Waals surface area contributed by atoms with Crippen LogP contribution < -0.4 is 5.73 Å². The number of nitrogens with zero attached hydrogens (tertiary/aromatic N) is 1. The molecule has 2 N–H and O–H groups in total. The Morgan fingerprint density at radius 1 is 1.70 bits per heavy atom. The molecule has 0 unspecified atom stereocenters. The molecule has 0 amide bonds. The first-order chi connectivity index (χ1) is 4.72. The van der Waals surface area contributed by atoms with E-state index in [0.717, 1.165) is 6.42 Å². The second-order valence-corrected chi connectivity index (χ2v) is 2.10. The Kier molecular flexibility index (Phi) is 1.71. The molecule has 0 aliphatic heterocycles. The summed E-state index contributed by atoms with van der Waals surface area (Å²) in [6.45, 7) is 0. The molecule has 0 aromatic rings. The van der Waals surface area contributed by atoms with Crippen molar-refractivity contribution in [1.29, 1.82) is 0 Å². The zero-order chi connectivity index (χ0) is 7.56. The minimum Gasteiger partial charge on any atom is -0.393 e. The van der Waals surface area contributed by atoms with Crippen LogP contribution in [-0.4, -0.2) is 4.92 Å². The first-order valence-electron chi connectivity index (χ1n) is 3.01. The van der Waals surface area contributed by atoms with Gasteiger partial charge >= 0.3 is 0 Å². The lowest BCUT2D eigenvalue weighted by Gasteiger charge is -2.02. The lowest BCUT2D eigenvalue weighted by Crippen LogP contribution is -2.10. The van der Waals surface area contributed by atoms with Crippen LogP contribution in [0.25, 0.3) is 0 Å². The lowest BCUT2D eigenvalue weighted by molar-refractivity contribution is -0.429. The highest BCUT2D eigenvalue weighted by atomic mass is 16.6. The summed E-state index contributed by atoms with van der Waals surface area (Å²) in [5, 5.41) is 10.2. The van der Waals surface area contributed by atoms with Crippen molar-refractivity contribution in [3.05, 3.63) is 33.7 Å². The van der Waals surface area contributed by atoms with Crippen LogP contribution in [0.3, 0.4) is 0 Å². The molecular formula is C6H8N2O2. The molecule has 0 saturated heterocycles. The topological polar surface area (TPSA) is 69.2 Å². The van der Waals surface area contributed by atoms with Crippen LogP contribution in [-0.2, 0) is 0 Å².